The van der Waals surface area contributed by atoms with Crippen LogP contribution < -0.4 is 0 Å². The van der Waals surface area contributed by atoms with Crippen LogP contribution in [0.5, 0.6) is 0 Å². The summed E-state index contributed by atoms with van der Waals surface area (Å²) in [5.74, 6) is 0.736. The molecule has 2 atom stereocenters. The molecule has 0 saturated carbocycles. The van der Waals surface area contributed by atoms with E-state index in [4.69, 9.17) is 9.47 Å². The smallest absolute Gasteiger partial charge is 0.0976 e. The van der Waals surface area contributed by atoms with Crippen molar-refractivity contribution in [3.05, 3.63) is 0 Å². The van der Waals surface area contributed by atoms with Crippen LogP contribution in [0.1, 0.15) is 13.8 Å². The lowest BCUT2D eigenvalue weighted by Gasteiger charge is -2.24. The molecule has 0 radical (unpaired) electrons. The number of ether oxygens (including phenoxy) is 2. The standard InChI is InChI=1S/C10H19NO2/c1-8(2)5-11-6-9-10(7-11)13-4-3-12-9/h8-10H,3-7H2,1-2H3. The van der Waals surface area contributed by atoms with E-state index in [0.29, 0.717) is 12.2 Å². The summed E-state index contributed by atoms with van der Waals surface area (Å²) < 4.78 is 11.3. The average Bonchev–Trinajstić information content (AvgIpc) is 2.44. The summed E-state index contributed by atoms with van der Waals surface area (Å²) in [7, 11) is 0. The summed E-state index contributed by atoms with van der Waals surface area (Å²) in [5.41, 5.74) is 0. The highest BCUT2D eigenvalue weighted by molar-refractivity contribution is 4.87. The Bertz CT molecular complexity index is 158. The highest BCUT2D eigenvalue weighted by atomic mass is 16.6. The molecular weight excluding hydrogens is 166 g/mol. The van der Waals surface area contributed by atoms with E-state index in [1.165, 1.54) is 6.54 Å². The third-order valence-electron chi connectivity index (χ3n) is 2.66. The number of hydrogen-bond acceptors (Lipinski definition) is 3. The van der Waals surface area contributed by atoms with Gasteiger partial charge >= 0.3 is 0 Å². The predicted molar refractivity (Wildman–Crippen MR) is 50.8 cm³/mol. The summed E-state index contributed by atoms with van der Waals surface area (Å²) in [6.07, 6.45) is 0.681. The second kappa shape index (κ2) is 3.95. The van der Waals surface area contributed by atoms with Crippen molar-refractivity contribution in [3.63, 3.8) is 0 Å². The van der Waals surface area contributed by atoms with Gasteiger partial charge in [0.2, 0.25) is 0 Å². The molecule has 2 saturated heterocycles. The molecule has 0 amide bonds. The number of rotatable bonds is 2. The molecule has 2 heterocycles. The first kappa shape index (κ1) is 9.44. The van der Waals surface area contributed by atoms with Crippen LogP contribution in [0.25, 0.3) is 0 Å². The van der Waals surface area contributed by atoms with Gasteiger partial charge in [-0.05, 0) is 5.92 Å². The lowest BCUT2D eigenvalue weighted by atomic mass is 10.2. The van der Waals surface area contributed by atoms with Crippen molar-refractivity contribution in [3.8, 4) is 0 Å². The molecule has 2 unspecified atom stereocenters. The monoisotopic (exact) mass is 185 g/mol. The zero-order valence-corrected chi connectivity index (χ0v) is 8.53. The molecule has 2 aliphatic heterocycles. The number of hydrogen-bond donors (Lipinski definition) is 0. The van der Waals surface area contributed by atoms with Crippen LogP contribution in [0.3, 0.4) is 0 Å². The van der Waals surface area contributed by atoms with Crippen LogP contribution in [0.2, 0.25) is 0 Å². The summed E-state index contributed by atoms with van der Waals surface area (Å²) in [6.45, 7) is 9.34. The SMILES string of the molecule is CC(C)CN1CC2OCCOC2C1. The van der Waals surface area contributed by atoms with Crippen LogP contribution in [-0.4, -0.2) is 50.0 Å². The molecule has 2 rings (SSSR count). The van der Waals surface area contributed by atoms with E-state index in [1.54, 1.807) is 0 Å². The zero-order valence-electron chi connectivity index (χ0n) is 8.53. The van der Waals surface area contributed by atoms with E-state index in [2.05, 4.69) is 18.7 Å². The Hall–Kier alpha value is -0.120. The van der Waals surface area contributed by atoms with Gasteiger partial charge in [0.25, 0.3) is 0 Å². The fourth-order valence-corrected chi connectivity index (χ4v) is 2.20. The molecule has 13 heavy (non-hydrogen) atoms. The Morgan fingerprint density at radius 3 is 2.15 bits per heavy atom. The van der Waals surface area contributed by atoms with Gasteiger partial charge < -0.3 is 9.47 Å². The van der Waals surface area contributed by atoms with Crippen molar-refractivity contribution in [1.82, 2.24) is 4.90 Å². The van der Waals surface area contributed by atoms with Gasteiger partial charge in [0, 0.05) is 19.6 Å². The van der Waals surface area contributed by atoms with Crippen molar-refractivity contribution < 1.29 is 9.47 Å². The quantitative estimate of drug-likeness (QED) is 0.633. The van der Waals surface area contributed by atoms with Gasteiger partial charge in [-0.25, -0.2) is 0 Å². The zero-order chi connectivity index (χ0) is 9.26. The van der Waals surface area contributed by atoms with Crippen LogP contribution in [-0.2, 0) is 9.47 Å². The molecule has 0 spiro atoms. The summed E-state index contributed by atoms with van der Waals surface area (Å²) in [6, 6.07) is 0. The molecule has 2 aliphatic rings. The Kier molecular flexibility index (Phi) is 2.86. The largest absolute Gasteiger partial charge is 0.372 e. The summed E-state index contributed by atoms with van der Waals surface area (Å²) in [5, 5.41) is 0. The van der Waals surface area contributed by atoms with E-state index in [9.17, 15) is 0 Å². The second-order valence-corrected chi connectivity index (χ2v) is 4.43. The molecule has 0 aromatic heterocycles. The molecule has 0 aliphatic carbocycles. The van der Waals surface area contributed by atoms with Crippen LogP contribution in [0.4, 0.5) is 0 Å². The first-order valence-electron chi connectivity index (χ1n) is 5.21. The maximum atomic E-state index is 5.65. The molecular formula is C10H19NO2. The van der Waals surface area contributed by atoms with Gasteiger partial charge in [0.15, 0.2) is 0 Å². The third kappa shape index (κ3) is 2.22. The van der Waals surface area contributed by atoms with Gasteiger partial charge in [0.05, 0.1) is 25.4 Å². The topological polar surface area (TPSA) is 21.7 Å². The van der Waals surface area contributed by atoms with Gasteiger partial charge in [-0.1, -0.05) is 13.8 Å². The van der Waals surface area contributed by atoms with E-state index >= 15 is 0 Å². The molecule has 0 bridgehead atoms. The maximum absolute atomic E-state index is 5.65. The summed E-state index contributed by atoms with van der Waals surface area (Å²) in [4.78, 5) is 2.45. The van der Waals surface area contributed by atoms with Gasteiger partial charge in [-0.2, -0.15) is 0 Å². The van der Waals surface area contributed by atoms with E-state index in [1.807, 2.05) is 0 Å². The molecule has 76 valence electrons. The lowest BCUT2D eigenvalue weighted by Crippen LogP contribution is -2.36. The van der Waals surface area contributed by atoms with E-state index in [0.717, 1.165) is 32.2 Å². The first-order chi connectivity index (χ1) is 6.25. The van der Waals surface area contributed by atoms with Crippen molar-refractivity contribution in [2.24, 2.45) is 5.92 Å². The van der Waals surface area contributed by atoms with Crippen molar-refractivity contribution in [1.29, 1.82) is 0 Å². The fourth-order valence-electron chi connectivity index (χ4n) is 2.20. The maximum Gasteiger partial charge on any atom is 0.0976 e. The Morgan fingerprint density at radius 2 is 1.69 bits per heavy atom. The van der Waals surface area contributed by atoms with Crippen molar-refractivity contribution in [2.45, 2.75) is 26.1 Å². The normalized spacial score (nSPS) is 35.3. The Morgan fingerprint density at radius 1 is 1.15 bits per heavy atom. The molecule has 3 nitrogen and oxygen atoms in total. The molecule has 3 heteroatoms. The van der Waals surface area contributed by atoms with Gasteiger partial charge in [-0.3, -0.25) is 4.90 Å². The number of nitrogens with zero attached hydrogens (tertiary/aromatic N) is 1. The van der Waals surface area contributed by atoms with Gasteiger partial charge in [0.1, 0.15) is 0 Å². The lowest BCUT2D eigenvalue weighted by molar-refractivity contribution is -0.116. The Balaban J connectivity index is 1.84. The molecule has 2 fully saturated rings. The van der Waals surface area contributed by atoms with Crippen LogP contribution >= 0.6 is 0 Å². The number of fused-ring (bicyclic) bond motifs is 1. The first-order valence-corrected chi connectivity index (χ1v) is 5.21. The van der Waals surface area contributed by atoms with E-state index < -0.39 is 0 Å². The minimum atomic E-state index is 0.340. The molecule has 0 N–H and O–H groups in total. The number of likely N-dealkylation sites (tertiary alicyclic amines) is 1. The summed E-state index contributed by atoms with van der Waals surface area (Å²) >= 11 is 0. The third-order valence-corrected chi connectivity index (χ3v) is 2.66. The fraction of sp³-hybridized carbons (Fsp3) is 1.00. The minimum absolute atomic E-state index is 0.340. The minimum Gasteiger partial charge on any atom is -0.372 e. The van der Waals surface area contributed by atoms with Gasteiger partial charge in [-0.15, -0.1) is 0 Å². The van der Waals surface area contributed by atoms with Crippen molar-refractivity contribution in [2.75, 3.05) is 32.8 Å². The molecule has 0 aromatic carbocycles. The molecule has 0 aromatic rings. The Labute approximate surface area is 80.0 Å². The second-order valence-electron chi connectivity index (χ2n) is 4.43. The highest BCUT2D eigenvalue weighted by Crippen LogP contribution is 2.20. The highest BCUT2D eigenvalue weighted by Gasteiger charge is 2.36. The van der Waals surface area contributed by atoms with Crippen LogP contribution in [0, 0.1) is 5.92 Å². The van der Waals surface area contributed by atoms with Crippen molar-refractivity contribution >= 4 is 0 Å². The predicted octanol–water partition coefficient (Wildman–Crippen LogP) is 0.742. The van der Waals surface area contributed by atoms with E-state index in [-0.39, 0.29) is 0 Å². The average molecular weight is 185 g/mol. The van der Waals surface area contributed by atoms with Crippen LogP contribution in [0.15, 0.2) is 0 Å².